The van der Waals surface area contributed by atoms with Crippen molar-refractivity contribution < 1.29 is 0 Å². The fraction of sp³-hybridized carbons (Fsp3) is 0.200. The highest BCUT2D eigenvalue weighted by atomic mass is 14.2. The highest BCUT2D eigenvalue weighted by molar-refractivity contribution is 6.03. The molecular formula is C25H22. The summed E-state index contributed by atoms with van der Waals surface area (Å²) >= 11 is 0. The van der Waals surface area contributed by atoms with E-state index in [1.807, 2.05) is 0 Å². The van der Waals surface area contributed by atoms with Crippen molar-refractivity contribution in [1.82, 2.24) is 0 Å². The number of rotatable bonds is 4. The molecule has 0 bridgehead atoms. The number of hydrogen-bond donors (Lipinski definition) is 0. The van der Waals surface area contributed by atoms with Gasteiger partial charge in [0.25, 0.3) is 0 Å². The molecule has 0 heteroatoms. The van der Waals surface area contributed by atoms with Crippen LogP contribution in [0.2, 0.25) is 0 Å². The lowest BCUT2D eigenvalue weighted by Crippen LogP contribution is -2.04. The minimum absolute atomic E-state index is 1.08. The molecule has 0 unspecified atom stereocenters. The number of hydrogen-bond acceptors (Lipinski definition) is 0. The number of allylic oxidation sites excluding steroid dienone is 3. The van der Waals surface area contributed by atoms with Gasteiger partial charge < -0.3 is 0 Å². The Kier molecular flexibility index (Phi) is 3.56. The topological polar surface area (TPSA) is 0 Å². The molecule has 0 radical (unpaired) electrons. The fourth-order valence-corrected chi connectivity index (χ4v) is 4.43. The largest absolute Gasteiger partial charge is 0.0795 e. The van der Waals surface area contributed by atoms with Gasteiger partial charge in [0, 0.05) is 0 Å². The van der Waals surface area contributed by atoms with Gasteiger partial charge >= 0.3 is 0 Å². The molecule has 0 saturated heterocycles. The van der Waals surface area contributed by atoms with Gasteiger partial charge in [0.1, 0.15) is 0 Å². The van der Waals surface area contributed by atoms with Gasteiger partial charge in [-0.15, -0.1) is 0 Å². The first-order valence-corrected chi connectivity index (χ1v) is 9.37. The van der Waals surface area contributed by atoms with Crippen LogP contribution in [0.15, 0.2) is 66.7 Å². The molecule has 0 atom stereocenters. The maximum atomic E-state index is 2.43. The predicted molar refractivity (Wildman–Crippen MR) is 108 cm³/mol. The molecule has 0 saturated carbocycles. The molecule has 0 heterocycles. The van der Waals surface area contributed by atoms with E-state index in [2.05, 4.69) is 72.8 Å². The molecule has 2 aliphatic rings. The van der Waals surface area contributed by atoms with Crippen molar-refractivity contribution in [2.45, 2.75) is 32.1 Å². The Balaban J connectivity index is 1.51. The molecule has 0 fully saturated rings. The molecule has 0 nitrogen and oxygen atoms in total. The van der Waals surface area contributed by atoms with Gasteiger partial charge in [-0.1, -0.05) is 72.8 Å². The minimum atomic E-state index is 1.08. The van der Waals surface area contributed by atoms with Crippen molar-refractivity contribution in [2.75, 3.05) is 0 Å². The molecule has 0 N–H and O–H groups in total. The lowest BCUT2D eigenvalue weighted by Gasteiger charge is -2.24. The first-order valence-electron chi connectivity index (χ1n) is 9.37. The second-order valence-corrected chi connectivity index (χ2v) is 7.22. The summed E-state index contributed by atoms with van der Waals surface area (Å²) in [6.45, 7) is 0. The van der Waals surface area contributed by atoms with E-state index in [1.165, 1.54) is 50.6 Å². The molecule has 0 aromatic heterocycles. The van der Waals surface area contributed by atoms with Gasteiger partial charge in [-0.05, 0) is 76.3 Å². The quantitative estimate of drug-likeness (QED) is 0.523. The zero-order chi connectivity index (χ0) is 16.6. The third kappa shape index (κ3) is 2.53. The van der Waals surface area contributed by atoms with E-state index >= 15 is 0 Å². The zero-order valence-electron chi connectivity index (χ0n) is 14.5. The SMILES string of the molecule is C1=Cc2ccc3c(CCCc4ccccc4)ccc4c3c2C(=CC4)C1. The maximum Gasteiger partial charge on any atom is -0.00646 e. The van der Waals surface area contributed by atoms with Crippen LogP contribution in [0.3, 0.4) is 0 Å². The molecule has 0 amide bonds. The maximum absolute atomic E-state index is 2.43. The van der Waals surface area contributed by atoms with Gasteiger partial charge in [-0.2, -0.15) is 0 Å². The molecule has 3 aromatic rings. The monoisotopic (exact) mass is 322 g/mol. The summed E-state index contributed by atoms with van der Waals surface area (Å²) < 4.78 is 0. The first kappa shape index (κ1) is 14.7. The number of aryl methyl sites for hydroxylation is 2. The van der Waals surface area contributed by atoms with E-state index in [4.69, 9.17) is 0 Å². The second kappa shape index (κ2) is 6.04. The van der Waals surface area contributed by atoms with E-state index in [1.54, 1.807) is 0 Å². The van der Waals surface area contributed by atoms with Crippen LogP contribution in [0, 0.1) is 0 Å². The molecule has 3 aromatic carbocycles. The van der Waals surface area contributed by atoms with Crippen molar-refractivity contribution >= 4 is 22.4 Å². The zero-order valence-corrected chi connectivity index (χ0v) is 14.5. The molecule has 25 heavy (non-hydrogen) atoms. The fourth-order valence-electron chi connectivity index (χ4n) is 4.43. The van der Waals surface area contributed by atoms with Crippen molar-refractivity contribution in [1.29, 1.82) is 0 Å². The van der Waals surface area contributed by atoms with Crippen LogP contribution < -0.4 is 0 Å². The third-order valence-corrected chi connectivity index (χ3v) is 5.67. The lowest BCUT2D eigenvalue weighted by atomic mass is 9.80. The highest BCUT2D eigenvalue weighted by Crippen LogP contribution is 2.41. The summed E-state index contributed by atoms with van der Waals surface area (Å²) in [6.07, 6.45) is 12.7. The normalized spacial score (nSPS) is 14.6. The van der Waals surface area contributed by atoms with Gasteiger partial charge in [0.05, 0.1) is 0 Å². The first-order chi connectivity index (χ1) is 12.4. The van der Waals surface area contributed by atoms with E-state index < -0.39 is 0 Å². The second-order valence-electron chi connectivity index (χ2n) is 7.22. The summed E-state index contributed by atoms with van der Waals surface area (Å²) in [5, 5.41) is 3.00. The molecular weight excluding hydrogens is 300 g/mol. The molecule has 0 aliphatic heterocycles. The van der Waals surface area contributed by atoms with Crippen molar-refractivity contribution in [3.05, 3.63) is 94.6 Å². The Hall–Kier alpha value is -2.60. The Morgan fingerprint density at radius 2 is 1.72 bits per heavy atom. The van der Waals surface area contributed by atoms with Gasteiger partial charge in [0.2, 0.25) is 0 Å². The predicted octanol–water partition coefficient (Wildman–Crippen LogP) is 6.37. The summed E-state index contributed by atoms with van der Waals surface area (Å²) in [6, 6.07) is 20.2. The molecule has 2 aliphatic carbocycles. The summed E-state index contributed by atoms with van der Waals surface area (Å²) in [5.74, 6) is 0. The lowest BCUT2D eigenvalue weighted by molar-refractivity contribution is 0.825. The van der Waals surface area contributed by atoms with Crippen LogP contribution in [0.1, 0.15) is 40.7 Å². The van der Waals surface area contributed by atoms with Gasteiger partial charge in [-0.25, -0.2) is 0 Å². The smallest absolute Gasteiger partial charge is 0.00646 e. The summed E-state index contributed by atoms with van der Waals surface area (Å²) in [5.41, 5.74) is 8.87. The van der Waals surface area contributed by atoms with Crippen LogP contribution in [0.25, 0.3) is 22.4 Å². The summed E-state index contributed by atoms with van der Waals surface area (Å²) in [4.78, 5) is 0. The number of benzene rings is 3. The highest BCUT2D eigenvalue weighted by Gasteiger charge is 2.20. The molecule has 5 rings (SSSR count). The van der Waals surface area contributed by atoms with E-state index in [9.17, 15) is 0 Å². The summed E-state index contributed by atoms with van der Waals surface area (Å²) in [7, 11) is 0. The Morgan fingerprint density at radius 1 is 0.800 bits per heavy atom. The minimum Gasteiger partial charge on any atom is -0.0795 e. The molecule has 122 valence electrons. The van der Waals surface area contributed by atoms with Gasteiger partial charge in [-0.3, -0.25) is 0 Å². The van der Waals surface area contributed by atoms with Crippen molar-refractivity contribution in [3.8, 4) is 0 Å². The van der Waals surface area contributed by atoms with Crippen LogP contribution in [0.4, 0.5) is 0 Å². The molecule has 0 spiro atoms. The van der Waals surface area contributed by atoms with Crippen LogP contribution in [-0.2, 0) is 19.3 Å². The van der Waals surface area contributed by atoms with Crippen molar-refractivity contribution in [3.63, 3.8) is 0 Å². The Labute approximate surface area is 149 Å². The van der Waals surface area contributed by atoms with Crippen LogP contribution in [0.5, 0.6) is 0 Å². The van der Waals surface area contributed by atoms with Crippen LogP contribution >= 0.6 is 0 Å². The average molecular weight is 322 g/mol. The van der Waals surface area contributed by atoms with E-state index in [0.717, 1.165) is 25.7 Å². The standard InChI is InChI=1S/C25H22/c1-2-6-18(7-3-1)8-4-9-19-12-13-22-15-14-20-10-5-11-21-16-17-23(19)25(22)24(20)21/h1-3,5-7,11-14,16-17H,4,8-10,15H2. The average Bonchev–Trinajstić information content (AvgIpc) is 2.68. The van der Waals surface area contributed by atoms with E-state index in [0.29, 0.717) is 0 Å². The third-order valence-electron chi connectivity index (χ3n) is 5.67. The van der Waals surface area contributed by atoms with Gasteiger partial charge in [0.15, 0.2) is 0 Å². The van der Waals surface area contributed by atoms with Crippen LogP contribution in [-0.4, -0.2) is 0 Å². The van der Waals surface area contributed by atoms with E-state index in [-0.39, 0.29) is 0 Å². The Morgan fingerprint density at radius 3 is 2.64 bits per heavy atom. The Bertz CT molecular complexity index is 1000. The van der Waals surface area contributed by atoms with Crippen molar-refractivity contribution in [2.24, 2.45) is 0 Å².